The maximum atomic E-state index is 8.81. The smallest absolute Gasteiger partial charge is 0.0431 e. The van der Waals surface area contributed by atoms with E-state index >= 15 is 0 Å². The van der Waals surface area contributed by atoms with Gasteiger partial charge < -0.3 is 10.0 Å². The van der Waals surface area contributed by atoms with Gasteiger partial charge in [-0.2, -0.15) is 0 Å². The lowest BCUT2D eigenvalue weighted by Crippen LogP contribution is -2.39. The molecule has 20 heavy (non-hydrogen) atoms. The average Bonchev–Trinajstić information content (AvgIpc) is 2.60. The Hall–Kier alpha value is -0.540. The predicted molar refractivity (Wildman–Crippen MR) is 92.2 cm³/mol. The summed E-state index contributed by atoms with van der Waals surface area (Å²) < 4.78 is 0. The Labute approximate surface area is 134 Å². The van der Waals surface area contributed by atoms with E-state index in [2.05, 4.69) is 49.9 Å². The topological polar surface area (TPSA) is 23.5 Å². The molecule has 0 saturated carbocycles. The van der Waals surface area contributed by atoms with Crippen LogP contribution < -0.4 is 4.90 Å². The van der Waals surface area contributed by atoms with Crippen molar-refractivity contribution < 1.29 is 5.11 Å². The maximum absolute atomic E-state index is 8.81. The highest BCUT2D eigenvalue weighted by Gasteiger charge is 2.40. The van der Waals surface area contributed by atoms with Crippen molar-refractivity contribution in [2.75, 3.05) is 18.1 Å². The van der Waals surface area contributed by atoms with Crippen molar-refractivity contribution in [3.63, 3.8) is 0 Å². The zero-order valence-corrected chi connectivity index (χ0v) is 14.6. The fourth-order valence-electron chi connectivity index (χ4n) is 3.15. The van der Waals surface area contributed by atoms with Crippen LogP contribution in [0.25, 0.3) is 0 Å². The summed E-state index contributed by atoms with van der Waals surface area (Å²) in [6.07, 6.45) is 4.52. The van der Waals surface area contributed by atoms with Crippen LogP contribution in [-0.4, -0.2) is 24.3 Å². The summed E-state index contributed by atoms with van der Waals surface area (Å²) in [7, 11) is 0. The third kappa shape index (κ3) is 3.37. The van der Waals surface area contributed by atoms with Crippen LogP contribution in [-0.2, 0) is 5.41 Å². The summed E-state index contributed by atoms with van der Waals surface area (Å²) in [6, 6.07) is 9.39. The van der Waals surface area contributed by atoms with E-state index in [-0.39, 0.29) is 22.4 Å². The van der Waals surface area contributed by atoms with Gasteiger partial charge in [0.1, 0.15) is 0 Å². The Morgan fingerprint density at radius 1 is 1.10 bits per heavy atom. The molecule has 0 fully saturated rings. The van der Waals surface area contributed by atoms with Crippen LogP contribution in [0.4, 0.5) is 5.69 Å². The number of unbranched alkanes of at least 4 members (excludes halogenated alkanes) is 3. The molecular weight excluding hydrogens is 314 g/mol. The molecule has 1 aliphatic heterocycles. The minimum absolute atomic E-state index is 0. The molecule has 0 aromatic heterocycles. The first-order valence-electron chi connectivity index (χ1n) is 7.56. The van der Waals surface area contributed by atoms with E-state index in [9.17, 15) is 0 Å². The molecule has 1 aliphatic rings. The molecule has 3 heteroatoms. The number of nitrogens with zero attached hydrogens (tertiary/aromatic N) is 1. The van der Waals surface area contributed by atoms with E-state index in [0.717, 1.165) is 19.4 Å². The van der Waals surface area contributed by atoms with Gasteiger partial charge in [0.25, 0.3) is 0 Å². The standard InChI is InChI=1S/C17H27NO.BrH/c1-14-17(2,3)15-10-6-7-11-16(15)18(14)12-8-4-5-9-13-19;/h6-7,10-11,14,19H,4-5,8-9,12-13H2,1-3H3;1H. The zero-order chi connectivity index (χ0) is 13.9. The second-order valence-corrected chi connectivity index (χ2v) is 6.25. The fourth-order valence-corrected chi connectivity index (χ4v) is 3.15. The summed E-state index contributed by atoms with van der Waals surface area (Å²) in [5.41, 5.74) is 3.14. The Bertz CT molecular complexity index is 419. The number of halogens is 1. The highest BCUT2D eigenvalue weighted by atomic mass is 79.9. The Morgan fingerprint density at radius 2 is 1.75 bits per heavy atom. The van der Waals surface area contributed by atoms with Gasteiger partial charge in [-0.25, -0.2) is 0 Å². The predicted octanol–water partition coefficient (Wildman–Crippen LogP) is 4.30. The second kappa shape index (κ2) is 7.46. The van der Waals surface area contributed by atoms with E-state index in [1.807, 2.05) is 0 Å². The first kappa shape index (κ1) is 17.5. The fraction of sp³-hybridized carbons (Fsp3) is 0.647. The largest absolute Gasteiger partial charge is 0.396 e. The number of anilines is 1. The Kier molecular flexibility index (Phi) is 6.53. The molecular formula is C17H28BrNO. The lowest BCUT2D eigenvalue weighted by Gasteiger charge is -2.31. The van der Waals surface area contributed by atoms with Gasteiger partial charge in [0.2, 0.25) is 0 Å². The van der Waals surface area contributed by atoms with Crippen molar-refractivity contribution >= 4 is 22.7 Å². The second-order valence-electron chi connectivity index (χ2n) is 6.25. The van der Waals surface area contributed by atoms with Crippen LogP contribution in [0.3, 0.4) is 0 Å². The molecule has 1 aromatic carbocycles. The number of rotatable bonds is 6. The molecule has 0 radical (unpaired) electrons. The van der Waals surface area contributed by atoms with Crippen molar-refractivity contribution in [1.29, 1.82) is 0 Å². The normalized spacial score (nSPS) is 19.6. The van der Waals surface area contributed by atoms with Crippen molar-refractivity contribution in [3.8, 4) is 0 Å². The molecule has 1 heterocycles. The molecule has 1 atom stereocenters. The van der Waals surface area contributed by atoms with E-state index < -0.39 is 0 Å². The highest BCUT2D eigenvalue weighted by molar-refractivity contribution is 8.93. The van der Waals surface area contributed by atoms with Crippen LogP contribution in [0, 0.1) is 0 Å². The molecule has 1 N–H and O–H groups in total. The van der Waals surface area contributed by atoms with Crippen LogP contribution in [0.15, 0.2) is 24.3 Å². The summed E-state index contributed by atoms with van der Waals surface area (Å²) in [5.74, 6) is 0. The van der Waals surface area contributed by atoms with Gasteiger partial charge in [-0.05, 0) is 31.4 Å². The molecule has 0 bridgehead atoms. The molecule has 2 rings (SSSR count). The molecule has 0 amide bonds. The lowest BCUT2D eigenvalue weighted by atomic mass is 9.81. The van der Waals surface area contributed by atoms with Gasteiger partial charge in [-0.15, -0.1) is 17.0 Å². The average molecular weight is 342 g/mol. The quantitative estimate of drug-likeness (QED) is 0.779. The van der Waals surface area contributed by atoms with Crippen LogP contribution >= 0.6 is 17.0 Å². The number of benzene rings is 1. The van der Waals surface area contributed by atoms with Crippen LogP contribution in [0.2, 0.25) is 0 Å². The van der Waals surface area contributed by atoms with Gasteiger partial charge in [0.05, 0.1) is 0 Å². The van der Waals surface area contributed by atoms with Gasteiger partial charge in [-0.3, -0.25) is 0 Å². The number of fused-ring (bicyclic) bond motifs is 1. The zero-order valence-electron chi connectivity index (χ0n) is 12.9. The first-order valence-corrected chi connectivity index (χ1v) is 7.56. The summed E-state index contributed by atoms with van der Waals surface area (Å²) >= 11 is 0. The van der Waals surface area contributed by atoms with Gasteiger partial charge in [0, 0.05) is 30.3 Å². The van der Waals surface area contributed by atoms with Crippen molar-refractivity contribution in [3.05, 3.63) is 29.8 Å². The number of aliphatic hydroxyl groups excluding tert-OH is 1. The minimum Gasteiger partial charge on any atom is -0.396 e. The number of aliphatic hydroxyl groups is 1. The monoisotopic (exact) mass is 341 g/mol. The molecule has 0 saturated heterocycles. The Morgan fingerprint density at radius 3 is 2.45 bits per heavy atom. The first-order chi connectivity index (χ1) is 9.09. The highest BCUT2D eigenvalue weighted by Crippen LogP contribution is 2.44. The number of hydrogen-bond donors (Lipinski definition) is 1. The van der Waals surface area contributed by atoms with E-state index in [1.165, 1.54) is 24.1 Å². The summed E-state index contributed by atoms with van der Waals surface area (Å²) in [6.45, 7) is 8.50. The maximum Gasteiger partial charge on any atom is 0.0431 e. The molecule has 0 spiro atoms. The van der Waals surface area contributed by atoms with Gasteiger partial charge >= 0.3 is 0 Å². The summed E-state index contributed by atoms with van der Waals surface area (Å²) in [4.78, 5) is 2.56. The summed E-state index contributed by atoms with van der Waals surface area (Å²) in [5, 5.41) is 8.81. The SMILES string of the molecule is Br.CC1N(CCCCCCO)c2ccccc2C1(C)C. The van der Waals surface area contributed by atoms with Crippen LogP contribution in [0.1, 0.15) is 52.0 Å². The van der Waals surface area contributed by atoms with Gasteiger partial charge in [-0.1, -0.05) is 44.9 Å². The van der Waals surface area contributed by atoms with E-state index in [0.29, 0.717) is 12.6 Å². The third-order valence-corrected chi connectivity index (χ3v) is 4.73. The molecule has 0 aliphatic carbocycles. The lowest BCUT2D eigenvalue weighted by molar-refractivity contribution is 0.282. The molecule has 1 unspecified atom stereocenters. The van der Waals surface area contributed by atoms with Crippen LogP contribution in [0.5, 0.6) is 0 Å². The Balaban J connectivity index is 0.00000200. The number of hydrogen-bond acceptors (Lipinski definition) is 2. The van der Waals surface area contributed by atoms with Crippen molar-refractivity contribution in [2.45, 2.75) is 57.9 Å². The molecule has 1 aromatic rings. The van der Waals surface area contributed by atoms with Crippen molar-refractivity contribution in [2.24, 2.45) is 0 Å². The van der Waals surface area contributed by atoms with E-state index in [1.54, 1.807) is 0 Å². The van der Waals surface area contributed by atoms with Crippen molar-refractivity contribution in [1.82, 2.24) is 0 Å². The van der Waals surface area contributed by atoms with E-state index in [4.69, 9.17) is 5.11 Å². The molecule has 2 nitrogen and oxygen atoms in total. The molecule has 114 valence electrons. The third-order valence-electron chi connectivity index (χ3n) is 4.73. The minimum atomic E-state index is 0. The number of para-hydroxylation sites is 1. The van der Waals surface area contributed by atoms with Gasteiger partial charge in [0.15, 0.2) is 0 Å².